The molecule has 0 spiro atoms. The van der Waals surface area contributed by atoms with E-state index in [9.17, 15) is 9.59 Å². The Morgan fingerprint density at radius 1 is 1.56 bits per heavy atom. The molecule has 6 nitrogen and oxygen atoms in total. The Morgan fingerprint density at radius 2 is 2.28 bits per heavy atom. The second-order valence-electron chi connectivity index (χ2n) is 4.35. The molecule has 0 aliphatic carbocycles. The molecule has 1 unspecified atom stereocenters. The van der Waals surface area contributed by atoms with Gasteiger partial charge in [-0.1, -0.05) is 11.3 Å². The number of nitrogens with one attached hydrogen (secondary N) is 3. The molecule has 0 saturated carbocycles. The highest BCUT2D eigenvalue weighted by molar-refractivity contribution is 7.07. The molecule has 1 aromatic rings. The van der Waals surface area contributed by atoms with E-state index in [-0.39, 0.29) is 16.8 Å². The number of aromatic nitrogens is 1. The summed E-state index contributed by atoms with van der Waals surface area (Å²) >= 11 is 1.11. The molecule has 1 aliphatic heterocycles. The van der Waals surface area contributed by atoms with Gasteiger partial charge < -0.3 is 15.6 Å². The Kier molecular flexibility index (Phi) is 4.51. The van der Waals surface area contributed by atoms with E-state index in [4.69, 9.17) is 0 Å². The van der Waals surface area contributed by atoms with Crippen molar-refractivity contribution >= 4 is 17.2 Å². The molecule has 0 radical (unpaired) electrons. The van der Waals surface area contributed by atoms with Crippen molar-refractivity contribution in [3.05, 3.63) is 20.7 Å². The molecule has 1 aliphatic rings. The van der Waals surface area contributed by atoms with Crippen LogP contribution >= 0.6 is 11.3 Å². The molecule has 1 fully saturated rings. The van der Waals surface area contributed by atoms with E-state index in [1.807, 2.05) is 6.92 Å². The standard InChI is InChI=1S/C11H18N4O2S/c1-8(15-4-2-12-3-5-15)10(16)13-6-9-7-18-11(17)14-9/h7-8,12H,2-6H2,1H3,(H,13,16)(H,14,17). The van der Waals surface area contributed by atoms with Crippen molar-refractivity contribution in [1.82, 2.24) is 20.5 Å². The highest BCUT2D eigenvalue weighted by Gasteiger charge is 2.22. The number of thiazole rings is 1. The number of rotatable bonds is 4. The lowest BCUT2D eigenvalue weighted by atomic mass is 10.2. The second-order valence-corrected chi connectivity index (χ2v) is 5.20. The van der Waals surface area contributed by atoms with Crippen molar-refractivity contribution in [2.75, 3.05) is 26.2 Å². The molecule has 7 heteroatoms. The number of carbonyl (C=O) groups is 1. The number of piperazine rings is 1. The van der Waals surface area contributed by atoms with Gasteiger partial charge in [0.1, 0.15) is 0 Å². The van der Waals surface area contributed by atoms with Crippen molar-refractivity contribution in [2.45, 2.75) is 19.5 Å². The van der Waals surface area contributed by atoms with Gasteiger partial charge in [-0.05, 0) is 6.92 Å². The van der Waals surface area contributed by atoms with Crippen molar-refractivity contribution in [1.29, 1.82) is 0 Å². The van der Waals surface area contributed by atoms with E-state index < -0.39 is 0 Å². The maximum Gasteiger partial charge on any atom is 0.304 e. The van der Waals surface area contributed by atoms with Gasteiger partial charge in [0.05, 0.1) is 12.6 Å². The highest BCUT2D eigenvalue weighted by Crippen LogP contribution is 2.02. The van der Waals surface area contributed by atoms with Crippen LogP contribution in [0.5, 0.6) is 0 Å². The molecule has 0 bridgehead atoms. The summed E-state index contributed by atoms with van der Waals surface area (Å²) in [5.74, 6) is 0.00366. The minimum absolute atomic E-state index is 0.00366. The summed E-state index contributed by atoms with van der Waals surface area (Å²) in [5, 5.41) is 7.84. The van der Waals surface area contributed by atoms with Gasteiger partial charge in [-0.25, -0.2) is 0 Å². The van der Waals surface area contributed by atoms with Gasteiger partial charge in [0.25, 0.3) is 0 Å². The average Bonchev–Trinajstić information content (AvgIpc) is 2.82. The maximum atomic E-state index is 12.0. The molecule has 1 saturated heterocycles. The number of hydrogen-bond acceptors (Lipinski definition) is 5. The Bertz CT molecular complexity index is 450. The van der Waals surface area contributed by atoms with Gasteiger partial charge in [0, 0.05) is 37.3 Å². The first-order valence-corrected chi connectivity index (χ1v) is 6.94. The normalized spacial score (nSPS) is 18.5. The summed E-state index contributed by atoms with van der Waals surface area (Å²) in [4.78, 5) is 27.7. The van der Waals surface area contributed by atoms with E-state index in [2.05, 4.69) is 20.5 Å². The molecule has 0 aromatic carbocycles. The maximum absolute atomic E-state index is 12.0. The quantitative estimate of drug-likeness (QED) is 0.679. The Labute approximate surface area is 109 Å². The first-order chi connectivity index (χ1) is 8.66. The first-order valence-electron chi connectivity index (χ1n) is 6.06. The lowest BCUT2D eigenvalue weighted by Gasteiger charge is -2.31. The van der Waals surface area contributed by atoms with Crippen LogP contribution in [0, 0.1) is 0 Å². The van der Waals surface area contributed by atoms with Crippen LogP contribution in [0.2, 0.25) is 0 Å². The van der Waals surface area contributed by atoms with E-state index in [1.165, 1.54) is 0 Å². The van der Waals surface area contributed by atoms with Crippen LogP contribution in [-0.4, -0.2) is 48.0 Å². The predicted molar refractivity (Wildman–Crippen MR) is 70.7 cm³/mol. The second kappa shape index (κ2) is 6.12. The fourth-order valence-corrected chi connectivity index (χ4v) is 2.55. The SMILES string of the molecule is CC(C(=O)NCc1csc(=O)[nH]1)N1CCNCC1. The number of H-pyrrole nitrogens is 1. The zero-order valence-corrected chi connectivity index (χ0v) is 11.2. The number of aromatic amines is 1. The Balaban J connectivity index is 1.81. The fraction of sp³-hybridized carbons (Fsp3) is 0.636. The van der Waals surface area contributed by atoms with E-state index in [0.717, 1.165) is 43.2 Å². The molecule has 1 amide bonds. The average molecular weight is 270 g/mol. The summed E-state index contributed by atoms with van der Waals surface area (Å²) in [6, 6.07) is -0.127. The molecular formula is C11H18N4O2S. The lowest BCUT2D eigenvalue weighted by molar-refractivity contribution is -0.126. The van der Waals surface area contributed by atoms with Crippen LogP contribution in [0.3, 0.4) is 0 Å². The molecule has 18 heavy (non-hydrogen) atoms. The van der Waals surface area contributed by atoms with Crippen LogP contribution in [-0.2, 0) is 11.3 Å². The molecule has 3 N–H and O–H groups in total. The zero-order chi connectivity index (χ0) is 13.0. The van der Waals surface area contributed by atoms with Crippen molar-refractivity contribution in [2.24, 2.45) is 0 Å². The van der Waals surface area contributed by atoms with Gasteiger partial charge in [-0.15, -0.1) is 0 Å². The topological polar surface area (TPSA) is 77.2 Å². The van der Waals surface area contributed by atoms with E-state index in [0.29, 0.717) is 6.54 Å². The largest absolute Gasteiger partial charge is 0.349 e. The molecule has 1 atom stereocenters. The highest BCUT2D eigenvalue weighted by atomic mass is 32.1. The zero-order valence-electron chi connectivity index (χ0n) is 10.4. The molecule has 2 heterocycles. The minimum atomic E-state index is -0.127. The van der Waals surface area contributed by atoms with E-state index >= 15 is 0 Å². The summed E-state index contributed by atoms with van der Waals surface area (Å²) in [5.41, 5.74) is 0.755. The van der Waals surface area contributed by atoms with Crippen molar-refractivity contribution in [3.63, 3.8) is 0 Å². The summed E-state index contributed by atoms with van der Waals surface area (Å²) < 4.78 is 0. The fourth-order valence-electron chi connectivity index (χ4n) is 1.97. The van der Waals surface area contributed by atoms with Crippen molar-refractivity contribution in [3.8, 4) is 0 Å². The number of amides is 1. The van der Waals surface area contributed by atoms with Crippen LogP contribution in [0.25, 0.3) is 0 Å². The molecular weight excluding hydrogens is 252 g/mol. The van der Waals surface area contributed by atoms with Gasteiger partial charge >= 0.3 is 4.87 Å². The first kappa shape index (κ1) is 13.3. The summed E-state index contributed by atoms with van der Waals surface area (Å²) in [6.45, 7) is 5.93. The monoisotopic (exact) mass is 270 g/mol. The Morgan fingerprint density at radius 3 is 2.89 bits per heavy atom. The van der Waals surface area contributed by atoms with Gasteiger partial charge in [0.15, 0.2) is 0 Å². The minimum Gasteiger partial charge on any atom is -0.349 e. The number of carbonyl (C=O) groups excluding carboxylic acids is 1. The lowest BCUT2D eigenvalue weighted by Crippen LogP contribution is -2.52. The van der Waals surface area contributed by atoms with Crippen LogP contribution < -0.4 is 15.5 Å². The van der Waals surface area contributed by atoms with Crippen LogP contribution in [0.4, 0.5) is 0 Å². The molecule has 100 valence electrons. The van der Waals surface area contributed by atoms with E-state index in [1.54, 1.807) is 5.38 Å². The van der Waals surface area contributed by atoms with Gasteiger partial charge in [-0.3, -0.25) is 14.5 Å². The Hall–Kier alpha value is -1.18. The molecule has 2 rings (SSSR count). The summed E-state index contributed by atoms with van der Waals surface area (Å²) in [6.07, 6.45) is 0. The van der Waals surface area contributed by atoms with Crippen LogP contribution in [0.1, 0.15) is 12.6 Å². The van der Waals surface area contributed by atoms with Gasteiger partial charge in [-0.2, -0.15) is 0 Å². The number of hydrogen-bond donors (Lipinski definition) is 3. The third-order valence-corrected chi connectivity index (χ3v) is 3.82. The number of nitrogens with zero attached hydrogens (tertiary/aromatic N) is 1. The van der Waals surface area contributed by atoms with Gasteiger partial charge in [0.2, 0.25) is 5.91 Å². The third-order valence-electron chi connectivity index (χ3n) is 3.10. The third kappa shape index (κ3) is 3.41. The smallest absolute Gasteiger partial charge is 0.304 e. The van der Waals surface area contributed by atoms with Crippen LogP contribution in [0.15, 0.2) is 10.2 Å². The van der Waals surface area contributed by atoms with Crippen molar-refractivity contribution < 1.29 is 4.79 Å². The summed E-state index contributed by atoms with van der Waals surface area (Å²) in [7, 11) is 0. The molecule has 1 aromatic heterocycles. The predicted octanol–water partition coefficient (Wildman–Crippen LogP) is -0.654.